The van der Waals surface area contributed by atoms with Crippen molar-refractivity contribution in [2.24, 2.45) is 0 Å². The first-order valence-electron chi connectivity index (χ1n) is 19.3. The molecule has 0 saturated heterocycles. The first-order valence-corrected chi connectivity index (χ1v) is 21.0. The van der Waals surface area contributed by atoms with Crippen LogP contribution in [0.15, 0.2) is 164 Å². The summed E-state index contributed by atoms with van der Waals surface area (Å²) in [4.78, 5) is 11.5. The molecule has 0 spiro atoms. The quantitative estimate of drug-likeness (QED) is 0.164. The van der Waals surface area contributed by atoms with Gasteiger partial charge < -0.3 is 0 Å². The highest BCUT2D eigenvalue weighted by molar-refractivity contribution is 7.26. The monoisotopic (exact) mass is 757 g/mol. The van der Waals surface area contributed by atoms with E-state index >= 15 is 0 Å². The number of thiophene rings is 2. The molecule has 0 fully saturated rings. The van der Waals surface area contributed by atoms with Crippen molar-refractivity contribution in [3.05, 3.63) is 164 Å². The summed E-state index contributed by atoms with van der Waals surface area (Å²) in [7, 11) is 0. The van der Waals surface area contributed by atoms with Gasteiger partial charge in [-0.15, -0.1) is 22.7 Å². The Labute approximate surface area is 333 Å². The van der Waals surface area contributed by atoms with Crippen LogP contribution in [0.5, 0.6) is 0 Å². The molecule has 0 N–H and O–H groups in total. The molecule has 5 heteroatoms. The Bertz CT molecular complexity index is 3940. The van der Waals surface area contributed by atoms with E-state index in [1.54, 1.807) is 0 Å². The maximum absolute atomic E-state index is 5.74. The predicted octanol–water partition coefficient (Wildman–Crippen LogP) is 15.1. The minimum absolute atomic E-state index is 0.847. The lowest BCUT2D eigenvalue weighted by Crippen LogP contribution is -2.04. The third kappa shape index (κ3) is 3.90. The second-order valence-corrected chi connectivity index (χ2v) is 17.3. The lowest BCUT2D eigenvalue weighted by atomic mass is 9.91. The molecule has 14 rings (SSSR count). The fourth-order valence-corrected chi connectivity index (χ4v) is 12.3. The Hall–Kier alpha value is -6.92. The maximum atomic E-state index is 5.74. The zero-order valence-corrected chi connectivity index (χ0v) is 31.9. The van der Waals surface area contributed by atoms with Gasteiger partial charge in [-0.25, -0.2) is 9.97 Å². The standard InChI is InChI=1S/C52H27N3S2/c1-2-13-30-28(11-1)23-25-38-49(30)54-50(37-20-10-19-35-32-15-5-7-21-41(32)57-51(35)37)52(53-38)55-39-26-24-29-12-9-18-33-31-14-3-4-16-34(31)46-45-36-17-6-8-22-42(36)56-43(45)27-40(55)48(46)47(39)44(29)33/h1-27H. The van der Waals surface area contributed by atoms with Gasteiger partial charge in [0.05, 0.1) is 22.1 Å². The Morgan fingerprint density at radius 2 is 1.09 bits per heavy atom. The Morgan fingerprint density at radius 1 is 0.404 bits per heavy atom. The van der Waals surface area contributed by atoms with Crippen LogP contribution in [0.25, 0.3) is 134 Å². The molecular formula is C52H27N3S2. The van der Waals surface area contributed by atoms with E-state index in [9.17, 15) is 0 Å². The highest BCUT2D eigenvalue weighted by Crippen LogP contribution is 2.54. The van der Waals surface area contributed by atoms with Crippen LogP contribution in [-0.2, 0) is 0 Å². The van der Waals surface area contributed by atoms with Gasteiger partial charge in [0, 0.05) is 67.6 Å². The van der Waals surface area contributed by atoms with Crippen LogP contribution < -0.4 is 0 Å². The molecule has 4 aromatic heterocycles. The molecule has 3 nitrogen and oxygen atoms in total. The van der Waals surface area contributed by atoms with Crippen LogP contribution in [0, 0.1) is 0 Å². The van der Waals surface area contributed by atoms with Crippen LogP contribution in [0.3, 0.4) is 0 Å². The zero-order chi connectivity index (χ0) is 36.9. The van der Waals surface area contributed by atoms with Crippen molar-refractivity contribution in [1.29, 1.82) is 0 Å². The number of rotatable bonds is 2. The van der Waals surface area contributed by atoms with Crippen molar-refractivity contribution in [3.63, 3.8) is 0 Å². The van der Waals surface area contributed by atoms with Crippen molar-refractivity contribution < 1.29 is 0 Å². The molecule has 0 radical (unpaired) electrons. The van der Waals surface area contributed by atoms with E-state index in [4.69, 9.17) is 9.97 Å². The summed E-state index contributed by atoms with van der Waals surface area (Å²) < 4.78 is 7.52. The summed E-state index contributed by atoms with van der Waals surface area (Å²) in [6.45, 7) is 0. The zero-order valence-electron chi connectivity index (χ0n) is 30.2. The van der Waals surface area contributed by atoms with E-state index in [2.05, 4.69) is 168 Å². The number of nitrogens with zero attached hydrogens (tertiary/aromatic N) is 3. The van der Waals surface area contributed by atoms with Gasteiger partial charge in [0.15, 0.2) is 5.82 Å². The van der Waals surface area contributed by atoms with E-state index in [-0.39, 0.29) is 0 Å². The van der Waals surface area contributed by atoms with Crippen LogP contribution in [0.4, 0.5) is 0 Å². The summed E-state index contributed by atoms with van der Waals surface area (Å²) >= 11 is 3.72. The number of aromatic nitrogens is 3. The molecule has 0 bridgehead atoms. The lowest BCUT2D eigenvalue weighted by Gasteiger charge is -2.17. The summed E-state index contributed by atoms with van der Waals surface area (Å²) in [6.07, 6.45) is 0. The molecule has 0 unspecified atom stereocenters. The van der Waals surface area contributed by atoms with Crippen LogP contribution in [0.1, 0.15) is 0 Å². The molecule has 13 aromatic rings. The second-order valence-electron chi connectivity index (χ2n) is 15.2. The van der Waals surface area contributed by atoms with Gasteiger partial charge in [-0.1, -0.05) is 133 Å². The average molecular weight is 758 g/mol. The molecule has 1 aliphatic carbocycles. The topological polar surface area (TPSA) is 30.7 Å². The van der Waals surface area contributed by atoms with Crippen LogP contribution in [0.2, 0.25) is 0 Å². The normalized spacial score (nSPS) is 12.6. The van der Waals surface area contributed by atoms with Gasteiger partial charge in [-0.2, -0.15) is 0 Å². The Morgan fingerprint density at radius 3 is 2.00 bits per heavy atom. The largest absolute Gasteiger partial charge is 0.292 e. The number of hydrogen-bond donors (Lipinski definition) is 0. The van der Waals surface area contributed by atoms with Gasteiger partial charge in [0.1, 0.15) is 5.69 Å². The van der Waals surface area contributed by atoms with Gasteiger partial charge in [-0.05, 0) is 63.2 Å². The van der Waals surface area contributed by atoms with Gasteiger partial charge in [0.2, 0.25) is 0 Å². The molecule has 0 aliphatic heterocycles. The molecule has 9 aromatic carbocycles. The first-order chi connectivity index (χ1) is 28.3. The lowest BCUT2D eigenvalue weighted by molar-refractivity contribution is 1.08. The van der Waals surface area contributed by atoms with E-state index in [0.717, 1.165) is 49.9 Å². The van der Waals surface area contributed by atoms with Gasteiger partial charge >= 0.3 is 0 Å². The molecule has 4 heterocycles. The van der Waals surface area contributed by atoms with E-state index < -0.39 is 0 Å². The predicted molar refractivity (Wildman–Crippen MR) is 245 cm³/mol. The highest BCUT2D eigenvalue weighted by atomic mass is 32.1. The summed E-state index contributed by atoms with van der Waals surface area (Å²) in [5, 5.41) is 12.5. The van der Waals surface area contributed by atoms with Crippen molar-refractivity contribution in [2.75, 3.05) is 0 Å². The van der Waals surface area contributed by atoms with Crippen molar-refractivity contribution in [3.8, 4) is 39.3 Å². The maximum Gasteiger partial charge on any atom is 0.165 e. The molecular weight excluding hydrogens is 731 g/mol. The van der Waals surface area contributed by atoms with Crippen molar-refractivity contribution in [1.82, 2.24) is 14.5 Å². The SMILES string of the molecule is c1ccc2c(c1)-c1cccc3ccc4c(c13)c1c-2c2c(cc1n4-c1nc3ccc4ccccc4c3nc1-c1cccc3c1sc1ccccc13)sc1ccccc12. The molecule has 0 amide bonds. The second kappa shape index (κ2) is 10.9. The van der Waals surface area contributed by atoms with E-state index in [1.807, 2.05) is 22.7 Å². The highest BCUT2D eigenvalue weighted by Gasteiger charge is 2.30. The van der Waals surface area contributed by atoms with Crippen molar-refractivity contribution in [2.45, 2.75) is 0 Å². The van der Waals surface area contributed by atoms with Gasteiger partial charge in [-0.3, -0.25) is 4.57 Å². The molecule has 1 aliphatic rings. The summed E-state index contributed by atoms with van der Waals surface area (Å²) in [5.74, 6) is 0.847. The van der Waals surface area contributed by atoms with Crippen molar-refractivity contribution >= 4 is 117 Å². The Kier molecular flexibility index (Phi) is 5.79. The first kappa shape index (κ1) is 30.3. The van der Waals surface area contributed by atoms with Crippen LogP contribution in [-0.4, -0.2) is 14.5 Å². The fourth-order valence-electron chi connectivity index (χ4n) is 9.95. The Balaban J connectivity index is 1.24. The number of hydrogen-bond acceptors (Lipinski definition) is 4. The minimum atomic E-state index is 0.847. The summed E-state index contributed by atoms with van der Waals surface area (Å²) in [5.41, 5.74) is 11.2. The molecule has 262 valence electrons. The smallest absolute Gasteiger partial charge is 0.165 e. The third-order valence-electron chi connectivity index (χ3n) is 12.3. The minimum Gasteiger partial charge on any atom is -0.292 e. The van der Waals surface area contributed by atoms with E-state index in [1.165, 1.54) is 84.1 Å². The van der Waals surface area contributed by atoms with Gasteiger partial charge in [0.25, 0.3) is 0 Å². The molecule has 0 saturated carbocycles. The van der Waals surface area contributed by atoms with Crippen LogP contribution >= 0.6 is 22.7 Å². The fraction of sp³-hybridized carbons (Fsp3) is 0. The molecule has 57 heavy (non-hydrogen) atoms. The summed E-state index contributed by atoms with van der Waals surface area (Å²) in [6, 6.07) is 60.1. The molecule has 0 atom stereocenters. The number of fused-ring (bicyclic) bond motifs is 13. The van der Waals surface area contributed by atoms with E-state index in [0.29, 0.717) is 0 Å². The average Bonchev–Trinajstić information content (AvgIpc) is 3.92. The third-order valence-corrected chi connectivity index (χ3v) is 14.6. The number of benzene rings is 9.